The van der Waals surface area contributed by atoms with E-state index in [0.717, 1.165) is 56.0 Å². The molecule has 3 rings (SSSR count). The number of hydrogen-bond acceptors (Lipinski definition) is 5. The third-order valence-electron chi connectivity index (χ3n) is 4.34. The molecule has 0 bridgehead atoms. The molecule has 0 saturated carbocycles. The minimum atomic E-state index is -0.0706. The molecule has 0 unspecified atom stereocenters. The first-order valence-electron chi connectivity index (χ1n) is 8.50. The van der Waals surface area contributed by atoms with Gasteiger partial charge in [-0.25, -0.2) is 9.78 Å². The van der Waals surface area contributed by atoms with Crippen LogP contribution in [-0.2, 0) is 19.9 Å². The van der Waals surface area contributed by atoms with Crippen LogP contribution in [-0.4, -0.2) is 43.8 Å². The third kappa shape index (κ3) is 4.11. The number of carbonyl (C=O) groups excluding carboxylic acids is 1. The Labute approximate surface area is 146 Å². The smallest absolute Gasteiger partial charge is 0.323 e. The van der Waals surface area contributed by atoms with Crippen molar-refractivity contribution in [2.75, 3.05) is 18.4 Å². The molecule has 0 spiro atoms. The van der Waals surface area contributed by atoms with Crippen molar-refractivity contribution in [3.8, 4) is 0 Å². The molecular formula is C16H24N6OS. The quantitative estimate of drug-likeness (QED) is 0.901. The summed E-state index contributed by atoms with van der Waals surface area (Å²) in [4.78, 5) is 18.8. The molecule has 2 aromatic rings. The van der Waals surface area contributed by atoms with Gasteiger partial charge in [0.2, 0.25) is 5.13 Å². The minimum absolute atomic E-state index is 0.0706. The van der Waals surface area contributed by atoms with Gasteiger partial charge < -0.3 is 9.47 Å². The van der Waals surface area contributed by atoms with Gasteiger partial charge in [-0.2, -0.15) is 0 Å². The third-order valence-corrected chi connectivity index (χ3v) is 5.24. The first kappa shape index (κ1) is 16.9. The molecule has 0 aromatic carbocycles. The van der Waals surface area contributed by atoms with Crippen molar-refractivity contribution in [1.29, 1.82) is 0 Å². The SMILES string of the molecule is CCCc1nnc(NC(=O)N2CCC[C@@H](Cc3nccn3C)C2)s1. The summed E-state index contributed by atoms with van der Waals surface area (Å²) in [7, 11) is 2.01. The minimum Gasteiger partial charge on any atom is -0.338 e. The summed E-state index contributed by atoms with van der Waals surface area (Å²) >= 11 is 1.46. The van der Waals surface area contributed by atoms with E-state index in [4.69, 9.17) is 0 Å². The van der Waals surface area contributed by atoms with Crippen molar-refractivity contribution in [3.05, 3.63) is 23.2 Å². The summed E-state index contributed by atoms with van der Waals surface area (Å²) < 4.78 is 2.05. The van der Waals surface area contributed by atoms with Crippen LogP contribution in [0.1, 0.15) is 37.0 Å². The molecule has 0 radical (unpaired) electrons. The van der Waals surface area contributed by atoms with Crippen LogP contribution in [0.3, 0.4) is 0 Å². The molecule has 1 aliphatic rings. The lowest BCUT2D eigenvalue weighted by Crippen LogP contribution is -2.43. The fourth-order valence-corrected chi connectivity index (χ4v) is 3.89. The zero-order valence-corrected chi connectivity index (χ0v) is 15.1. The summed E-state index contributed by atoms with van der Waals surface area (Å²) in [5.74, 6) is 1.53. The fourth-order valence-electron chi connectivity index (χ4n) is 3.06. The van der Waals surface area contributed by atoms with E-state index in [1.807, 2.05) is 24.3 Å². The van der Waals surface area contributed by atoms with Crippen LogP contribution in [0.15, 0.2) is 12.4 Å². The maximum Gasteiger partial charge on any atom is 0.323 e. The Bertz CT molecular complexity index is 682. The van der Waals surface area contributed by atoms with Crippen molar-refractivity contribution < 1.29 is 4.79 Å². The highest BCUT2D eigenvalue weighted by Crippen LogP contribution is 2.22. The van der Waals surface area contributed by atoms with Crippen molar-refractivity contribution in [2.45, 2.75) is 39.0 Å². The van der Waals surface area contributed by atoms with Crippen LogP contribution in [0.4, 0.5) is 9.93 Å². The summed E-state index contributed by atoms with van der Waals surface area (Å²) in [6.45, 7) is 3.66. The van der Waals surface area contributed by atoms with E-state index in [2.05, 4.69) is 32.0 Å². The molecule has 1 N–H and O–H groups in total. The molecule has 2 aromatic heterocycles. The number of anilines is 1. The number of rotatable bonds is 5. The molecule has 7 nitrogen and oxygen atoms in total. The highest BCUT2D eigenvalue weighted by Gasteiger charge is 2.25. The van der Waals surface area contributed by atoms with E-state index in [-0.39, 0.29) is 6.03 Å². The molecule has 24 heavy (non-hydrogen) atoms. The average Bonchev–Trinajstić information content (AvgIpc) is 3.18. The molecule has 0 aliphatic carbocycles. The van der Waals surface area contributed by atoms with Gasteiger partial charge in [0.25, 0.3) is 0 Å². The number of imidazole rings is 1. The number of carbonyl (C=O) groups is 1. The van der Waals surface area contributed by atoms with Gasteiger partial charge in [0.05, 0.1) is 0 Å². The van der Waals surface area contributed by atoms with E-state index >= 15 is 0 Å². The average molecular weight is 348 g/mol. The first-order valence-corrected chi connectivity index (χ1v) is 9.32. The molecule has 1 aliphatic heterocycles. The molecule has 1 fully saturated rings. The number of nitrogens with one attached hydrogen (secondary N) is 1. The van der Waals surface area contributed by atoms with E-state index in [0.29, 0.717) is 11.0 Å². The van der Waals surface area contributed by atoms with Gasteiger partial charge in [-0.1, -0.05) is 18.3 Å². The van der Waals surface area contributed by atoms with Crippen LogP contribution in [0.25, 0.3) is 0 Å². The zero-order chi connectivity index (χ0) is 16.9. The Kier molecular flexibility index (Phi) is 5.44. The molecule has 130 valence electrons. The van der Waals surface area contributed by atoms with Gasteiger partial charge in [-0.3, -0.25) is 5.32 Å². The second-order valence-corrected chi connectivity index (χ2v) is 7.36. The van der Waals surface area contributed by atoms with Crippen molar-refractivity contribution in [3.63, 3.8) is 0 Å². The van der Waals surface area contributed by atoms with Crippen molar-refractivity contribution in [1.82, 2.24) is 24.6 Å². The number of urea groups is 1. The van der Waals surface area contributed by atoms with Crippen molar-refractivity contribution >= 4 is 22.5 Å². The molecule has 1 saturated heterocycles. The summed E-state index contributed by atoms with van der Waals surface area (Å²) in [5.41, 5.74) is 0. The number of hydrogen-bond donors (Lipinski definition) is 1. The highest BCUT2D eigenvalue weighted by molar-refractivity contribution is 7.15. The molecule has 3 heterocycles. The standard InChI is InChI=1S/C16H24N6OS/c1-3-5-14-19-20-15(24-14)18-16(23)22-8-4-6-12(11-22)10-13-17-7-9-21(13)2/h7,9,12H,3-6,8,10-11H2,1-2H3,(H,18,20,23)/t12-/m0/s1. The molecule has 8 heteroatoms. The Morgan fingerprint density at radius 3 is 3.08 bits per heavy atom. The van der Waals surface area contributed by atoms with Gasteiger partial charge >= 0.3 is 6.03 Å². The normalized spacial score (nSPS) is 17.9. The zero-order valence-electron chi connectivity index (χ0n) is 14.2. The van der Waals surface area contributed by atoms with Gasteiger partial charge in [0.1, 0.15) is 10.8 Å². The predicted molar refractivity (Wildman–Crippen MR) is 94.1 cm³/mol. The lowest BCUT2D eigenvalue weighted by atomic mass is 9.94. The number of likely N-dealkylation sites (tertiary alicyclic amines) is 1. The molecule has 1 atom stereocenters. The lowest BCUT2D eigenvalue weighted by Gasteiger charge is -2.32. The lowest BCUT2D eigenvalue weighted by molar-refractivity contribution is 0.176. The van der Waals surface area contributed by atoms with E-state index < -0.39 is 0 Å². The van der Waals surface area contributed by atoms with Crippen molar-refractivity contribution in [2.24, 2.45) is 13.0 Å². The number of piperidine rings is 1. The van der Waals surface area contributed by atoms with Crippen LogP contribution in [0, 0.1) is 5.92 Å². The van der Waals surface area contributed by atoms with E-state index in [1.165, 1.54) is 11.3 Å². The summed E-state index contributed by atoms with van der Waals surface area (Å²) in [5, 5.41) is 12.6. The first-order chi connectivity index (χ1) is 11.7. The van der Waals surface area contributed by atoms with Gasteiger partial charge in [-0.05, 0) is 25.2 Å². The highest BCUT2D eigenvalue weighted by atomic mass is 32.1. The van der Waals surface area contributed by atoms with Gasteiger partial charge in [-0.15, -0.1) is 10.2 Å². The Hall–Kier alpha value is -1.96. The van der Waals surface area contributed by atoms with E-state index in [9.17, 15) is 4.79 Å². The monoisotopic (exact) mass is 348 g/mol. The largest absolute Gasteiger partial charge is 0.338 e. The van der Waals surface area contributed by atoms with Crippen LogP contribution in [0.5, 0.6) is 0 Å². The second-order valence-electron chi connectivity index (χ2n) is 6.29. The summed E-state index contributed by atoms with van der Waals surface area (Å²) in [6.07, 6.45) is 8.80. The Balaban J connectivity index is 1.55. The Morgan fingerprint density at radius 2 is 2.33 bits per heavy atom. The van der Waals surface area contributed by atoms with E-state index in [1.54, 1.807) is 0 Å². The van der Waals surface area contributed by atoms with Gasteiger partial charge in [0, 0.05) is 45.4 Å². The summed E-state index contributed by atoms with van der Waals surface area (Å²) in [6, 6.07) is -0.0706. The second kappa shape index (κ2) is 7.74. The fraction of sp³-hybridized carbons (Fsp3) is 0.625. The van der Waals surface area contributed by atoms with Crippen LogP contribution >= 0.6 is 11.3 Å². The molecular weight excluding hydrogens is 324 g/mol. The van der Waals surface area contributed by atoms with Crippen LogP contribution in [0.2, 0.25) is 0 Å². The van der Waals surface area contributed by atoms with Gasteiger partial charge in [0.15, 0.2) is 0 Å². The number of aryl methyl sites for hydroxylation is 2. The number of amides is 2. The number of aromatic nitrogens is 4. The predicted octanol–water partition coefficient (Wildman–Crippen LogP) is 2.71. The number of nitrogens with zero attached hydrogens (tertiary/aromatic N) is 5. The maximum atomic E-state index is 12.5. The Morgan fingerprint density at radius 1 is 1.46 bits per heavy atom. The maximum absolute atomic E-state index is 12.5. The topological polar surface area (TPSA) is 75.9 Å². The molecule has 2 amide bonds. The van der Waals surface area contributed by atoms with Crippen LogP contribution < -0.4 is 5.32 Å².